The summed E-state index contributed by atoms with van der Waals surface area (Å²) in [5, 5.41) is 9.08. The van der Waals surface area contributed by atoms with Crippen LogP contribution in [0.25, 0.3) is 0 Å². The maximum Gasteiger partial charge on any atom is 0.323 e. The number of hydrogen-bond acceptors (Lipinski definition) is 2. The SMILES string of the molecule is O=C(Nc1ccccc1)Nc1cccc2c1NCCC2. The number of fused-ring (bicyclic) bond motifs is 1. The van der Waals surface area contributed by atoms with Crippen LogP contribution in [0.15, 0.2) is 48.5 Å². The minimum Gasteiger partial charge on any atom is -0.383 e. The quantitative estimate of drug-likeness (QED) is 0.777. The Balaban J connectivity index is 1.73. The fourth-order valence-corrected chi connectivity index (χ4v) is 2.42. The molecule has 0 radical (unpaired) electrons. The Labute approximate surface area is 118 Å². The predicted octanol–water partition coefficient (Wildman–Crippen LogP) is 3.69. The number of anilines is 3. The normalized spacial score (nSPS) is 13.0. The van der Waals surface area contributed by atoms with E-state index in [4.69, 9.17) is 0 Å². The van der Waals surface area contributed by atoms with Gasteiger partial charge in [0, 0.05) is 12.2 Å². The van der Waals surface area contributed by atoms with Gasteiger partial charge in [0.1, 0.15) is 0 Å². The van der Waals surface area contributed by atoms with Crippen LogP contribution in [0, 0.1) is 0 Å². The first-order valence-corrected chi connectivity index (χ1v) is 6.82. The molecule has 3 rings (SSSR count). The largest absolute Gasteiger partial charge is 0.383 e. The lowest BCUT2D eigenvalue weighted by molar-refractivity contribution is 0.262. The van der Waals surface area contributed by atoms with Gasteiger partial charge in [-0.05, 0) is 36.6 Å². The van der Waals surface area contributed by atoms with E-state index in [1.54, 1.807) is 0 Å². The molecule has 1 heterocycles. The Morgan fingerprint density at radius 1 is 1.00 bits per heavy atom. The second-order valence-corrected chi connectivity index (χ2v) is 4.82. The van der Waals surface area contributed by atoms with Crippen molar-refractivity contribution in [2.24, 2.45) is 0 Å². The van der Waals surface area contributed by atoms with Crippen molar-refractivity contribution in [3.63, 3.8) is 0 Å². The molecule has 4 nitrogen and oxygen atoms in total. The van der Waals surface area contributed by atoms with Gasteiger partial charge in [-0.1, -0.05) is 30.3 Å². The van der Waals surface area contributed by atoms with Crippen molar-refractivity contribution in [3.05, 3.63) is 54.1 Å². The standard InChI is InChI=1S/C16H17N3O/c20-16(18-13-8-2-1-3-9-13)19-14-10-4-6-12-7-5-11-17-15(12)14/h1-4,6,8-10,17H,5,7,11H2,(H2,18,19,20). The second-order valence-electron chi connectivity index (χ2n) is 4.82. The highest BCUT2D eigenvalue weighted by atomic mass is 16.2. The molecular formula is C16H17N3O. The van der Waals surface area contributed by atoms with Gasteiger partial charge < -0.3 is 16.0 Å². The van der Waals surface area contributed by atoms with Gasteiger partial charge in [-0.15, -0.1) is 0 Å². The van der Waals surface area contributed by atoms with E-state index in [0.717, 1.165) is 36.4 Å². The molecule has 1 aliphatic heterocycles. The lowest BCUT2D eigenvalue weighted by atomic mass is 10.0. The molecule has 102 valence electrons. The monoisotopic (exact) mass is 267 g/mol. The summed E-state index contributed by atoms with van der Waals surface area (Å²) in [5.74, 6) is 0. The molecule has 2 amide bonds. The van der Waals surface area contributed by atoms with Gasteiger partial charge in [0.2, 0.25) is 0 Å². The van der Waals surface area contributed by atoms with Crippen LogP contribution in [0.3, 0.4) is 0 Å². The van der Waals surface area contributed by atoms with Gasteiger partial charge in [0.05, 0.1) is 11.4 Å². The third-order valence-corrected chi connectivity index (χ3v) is 3.36. The topological polar surface area (TPSA) is 53.2 Å². The first kappa shape index (κ1) is 12.5. The Bertz CT molecular complexity index is 610. The van der Waals surface area contributed by atoms with E-state index < -0.39 is 0 Å². The fourth-order valence-electron chi connectivity index (χ4n) is 2.42. The number of carbonyl (C=O) groups excluding carboxylic acids is 1. The van der Waals surface area contributed by atoms with E-state index in [1.807, 2.05) is 42.5 Å². The van der Waals surface area contributed by atoms with E-state index >= 15 is 0 Å². The van der Waals surface area contributed by atoms with E-state index in [2.05, 4.69) is 22.0 Å². The summed E-state index contributed by atoms with van der Waals surface area (Å²) in [6.45, 7) is 0.950. The molecule has 0 fully saturated rings. The molecule has 0 atom stereocenters. The molecular weight excluding hydrogens is 250 g/mol. The number of nitrogens with one attached hydrogen (secondary N) is 3. The number of amides is 2. The Kier molecular flexibility index (Phi) is 3.54. The zero-order valence-electron chi connectivity index (χ0n) is 11.1. The Hall–Kier alpha value is -2.49. The van der Waals surface area contributed by atoms with Crippen LogP contribution in [0.1, 0.15) is 12.0 Å². The summed E-state index contributed by atoms with van der Waals surface area (Å²) < 4.78 is 0. The van der Waals surface area contributed by atoms with E-state index in [0.29, 0.717) is 0 Å². The number of hydrogen-bond donors (Lipinski definition) is 3. The summed E-state index contributed by atoms with van der Waals surface area (Å²) in [7, 11) is 0. The predicted molar refractivity (Wildman–Crippen MR) is 82.3 cm³/mol. The smallest absolute Gasteiger partial charge is 0.323 e. The highest BCUT2D eigenvalue weighted by molar-refractivity contribution is 6.02. The first-order valence-electron chi connectivity index (χ1n) is 6.82. The van der Waals surface area contributed by atoms with Crippen LogP contribution < -0.4 is 16.0 Å². The van der Waals surface area contributed by atoms with Gasteiger partial charge in [-0.25, -0.2) is 4.79 Å². The van der Waals surface area contributed by atoms with Crippen LogP contribution in [-0.4, -0.2) is 12.6 Å². The molecule has 0 aliphatic carbocycles. The summed E-state index contributed by atoms with van der Waals surface area (Å²) in [5.41, 5.74) is 3.91. The number of urea groups is 1. The lowest BCUT2D eigenvalue weighted by Crippen LogP contribution is -2.21. The number of carbonyl (C=O) groups is 1. The molecule has 2 aromatic carbocycles. The van der Waals surface area contributed by atoms with Gasteiger partial charge in [-0.3, -0.25) is 0 Å². The van der Waals surface area contributed by atoms with Gasteiger partial charge in [-0.2, -0.15) is 0 Å². The zero-order valence-corrected chi connectivity index (χ0v) is 11.1. The molecule has 0 unspecified atom stereocenters. The molecule has 0 bridgehead atoms. The van der Waals surface area contributed by atoms with Crippen molar-refractivity contribution < 1.29 is 4.79 Å². The van der Waals surface area contributed by atoms with Crippen molar-refractivity contribution in [2.45, 2.75) is 12.8 Å². The summed E-state index contributed by atoms with van der Waals surface area (Å²) in [4.78, 5) is 12.0. The molecule has 1 aliphatic rings. The third-order valence-electron chi connectivity index (χ3n) is 3.36. The van der Waals surface area contributed by atoms with Gasteiger partial charge in [0.15, 0.2) is 0 Å². The van der Waals surface area contributed by atoms with Crippen molar-refractivity contribution >= 4 is 23.1 Å². The van der Waals surface area contributed by atoms with Crippen LogP contribution in [0.4, 0.5) is 21.9 Å². The van der Waals surface area contributed by atoms with E-state index in [-0.39, 0.29) is 6.03 Å². The summed E-state index contributed by atoms with van der Waals surface area (Å²) >= 11 is 0. The van der Waals surface area contributed by atoms with Crippen molar-refractivity contribution in [3.8, 4) is 0 Å². The zero-order chi connectivity index (χ0) is 13.8. The summed E-state index contributed by atoms with van der Waals surface area (Å²) in [6.07, 6.45) is 2.19. The number of aryl methyl sites for hydroxylation is 1. The number of rotatable bonds is 2. The number of benzene rings is 2. The first-order chi connectivity index (χ1) is 9.83. The second kappa shape index (κ2) is 5.65. The molecule has 4 heteroatoms. The average molecular weight is 267 g/mol. The van der Waals surface area contributed by atoms with Gasteiger partial charge in [0.25, 0.3) is 0 Å². The maximum atomic E-state index is 12.0. The minimum atomic E-state index is -0.225. The fraction of sp³-hybridized carbons (Fsp3) is 0.188. The average Bonchev–Trinajstić information content (AvgIpc) is 2.48. The van der Waals surface area contributed by atoms with Crippen LogP contribution in [-0.2, 0) is 6.42 Å². The van der Waals surface area contributed by atoms with Crippen molar-refractivity contribution in [1.82, 2.24) is 0 Å². The lowest BCUT2D eigenvalue weighted by Gasteiger charge is -2.21. The molecule has 0 spiro atoms. The van der Waals surface area contributed by atoms with Crippen molar-refractivity contribution in [1.29, 1.82) is 0 Å². The van der Waals surface area contributed by atoms with Crippen LogP contribution in [0.2, 0.25) is 0 Å². The van der Waals surface area contributed by atoms with Crippen molar-refractivity contribution in [2.75, 3.05) is 22.5 Å². The highest BCUT2D eigenvalue weighted by Gasteiger charge is 2.13. The Morgan fingerprint density at radius 2 is 1.85 bits per heavy atom. The van der Waals surface area contributed by atoms with Crippen LogP contribution >= 0.6 is 0 Å². The van der Waals surface area contributed by atoms with E-state index in [1.165, 1.54) is 5.56 Å². The highest BCUT2D eigenvalue weighted by Crippen LogP contribution is 2.30. The molecule has 0 aromatic heterocycles. The van der Waals surface area contributed by atoms with Crippen LogP contribution in [0.5, 0.6) is 0 Å². The third kappa shape index (κ3) is 2.74. The van der Waals surface area contributed by atoms with E-state index in [9.17, 15) is 4.79 Å². The molecule has 0 saturated heterocycles. The summed E-state index contributed by atoms with van der Waals surface area (Å²) in [6, 6.07) is 15.2. The molecule has 20 heavy (non-hydrogen) atoms. The van der Waals surface area contributed by atoms with Gasteiger partial charge >= 0.3 is 6.03 Å². The molecule has 0 saturated carbocycles. The molecule has 2 aromatic rings. The maximum absolute atomic E-state index is 12.0. The molecule has 3 N–H and O–H groups in total. The number of para-hydroxylation sites is 2. The Morgan fingerprint density at radius 3 is 2.70 bits per heavy atom. The minimum absolute atomic E-state index is 0.225.